The molecule has 0 fully saturated rings. The molecule has 1 aromatic heterocycles. The number of nitrogens with one attached hydrogen (secondary N) is 1. The lowest BCUT2D eigenvalue weighted by Gasteiger charge is -2.08. The van der Waals surface area contributed by atoms with Gasteiger partial charge in [-0.15, -0.1) is 0 Å². The van der Waals surface area contributed by atoms with Crippen LogP contribution in [0.2, 0.25) is 0 Å². The molecule has 0 saturated carbocycles. The highest BCUT2D eigenvalue weighted by atomic mass is 16.1. The van der Waals surface area contributed by atoms with Gasteiger partial charge in [-0.1, -0.05) is 18.2 Å². The van der Waals surface area contributed by atoms with Crippen LogP contribution in [0, 0.1) is 6.92 Å². The predicted octanol–water partition coefficient (Wildman–Crippen LogP) is 2.22. The van der Waals surface area contributed by atoms with Gasteiger partial charge >= 0.3 is 0 Å². The van der Waals surface area contributed by atoms with Crippen LogP contribution < -0.4 is 11.1 Å². The van der Waals surface area contributed by atoms with E-state index in [1.54, 1.807) is 12.4 Å². The molecule has 0 saturated heterocycles. The van der Waals surface area contributed by atoms with Gasteiger partial charge in [-0.05, 0) is 42.2 Å². The normalized spacial score (nSPS) is 10.2. The molecule has 1 aromatic carbocycles. The first-order valence-corrected chi connectivity index (χ1v) is 6.66. The molecule has 3 N–H and O–H groups in total. The number of para-hydroxylation sites is 1. The molecule has 0 aliphatic carbocycles. The second-order valence-electron chi connectivity index (χ2n) is 4.78. The maximum Gasteiger partial charge on any atom is 0.220 e. The van der Waals surface area contributed by atoms with E-state index in [-0.39, 0.29) is 5.91 Å². The van der Waals surface area contributed by atoms with Crippen molar-refractivity contribution in [3.05, 3.63) is 59.4 Å². The Bertz CT molecular complexity index is 544. The number of carbonyl (C=O) groups excluding carboxylic acids is 1. The molecule has 0 aliphatic rings. The second kappa shape index (κ2) is 6.70. The SMILES string of the molecule is Cc1ccncc1CNC(=O)CCc1ccccc1N. The van der Waals surface area contributed by atoms with Crippen molar-refractivity contribution >= 4 is 11.6 Å². The van der Waals surface area contributed by atoms with Gasteiger partial charge in [-0.25, -0.2) is 0 Å². The molecule has 0 spiro atoms. The zero-order valence-electron chi connectivity index (χ0n) is 11.6. The molecule has 2 aromatic rings. The quantitative estimate of drug-likeness (QED) is 0.818. The summed E-state index contributed by atoms with van der Waals surface area (Å²) in [5, 5.41) is 2.91. The van der Waals surface area contributed by atoms with Gasteiger partial charge in [-0.3, -0.25) is 9.78 Å². The summed E-state index contributed by atoms with van der Waals surface area (Å²) in [4.78, 5) is 15.9. The Balaban J connectivity index is 1.82. The van der Waals surface area contributed by atoms with Gasteiger partial charge in [0.2, 0.25) is 5.91 Å². The van der Waals surface area contributed by atoms with Crippen LogP contribution >= 0.6 is 0 Å². The summed E-state index contributed by atoms with van der Waals surface area (Å²) in [6.45, 7) is 2.52. The minimum absolute atomic E-state index is 0.0245. The highest BCUT2D eigenvalue weighted by molar-refractivity contribution is 5.76. The summed E-state index contributed by atoms with van der Waals surface area (Å²) in [5.41, 5.74) is 9.78. The molecule has 0 atom stereocenters. The molecule has 20 heavy (non-hydrogen) atoms. The van der Waals surface area contributed by atoms with E-state index >= 15 is 0 Å². The first-order valence-electron chi connectivity index (χ1n) is 6.66. The molecule has 1 heterocycles. The maximum absolute atomic E-state index is 11.8. The number of carbonyl (C=O) groups is 1. The second-order valence-corrected chi connectivity index (χ2v) is 4.78. The molecular formula is C16H19N3O. The van der Waals surface area contributed by atoms with Gasteiger partial charge in [0.05, 0.1) is 0 Å². The van der Waals surface area contributed by atoms with Gasteiger partial charge < -0.3 is 11.1 Å². The Labute approximate surface area is 119 Å². The summed E-state index contributed by atoms with van der Waals surface area (Å²) in [6.07, 6.45) is 4.63. The number of aryl methyl sites for hydroxylation is 2. The average Bonchev–Trinajstić information content (AvgIpc) is 2.45. The van der Waals surface area contributed by atoms with Crippen molar-refractivity contribution in [2.75, 3.05) is 5.73 Å². The minimum atomic E-state index is 0.0245. The van der Waals surface area contributed by atoms with Crippen molar-refractivity contribution in [2.24, 2.45) is 0 Å². The van der Waals surface area contributed by atoms with Crippen molar-refractivity contribution < 1.29 is 4.79 Å². The molecule has 4 heteroatoms. The van der Waals surface area contributed by atoms with Crippen LogP contribution in [0.3, 0.4) is 0 Å². The fraction of sp³-hybridized carbons (Fsp3) is 0.250. The van der Waals surface area contributed by atoms with E-state index in [9.17, 15) is 4.79 Å². The monoisotopic (exact) mass is 269 g/mol. The summed E-state index contributed by atoms with van der Waals surface area (Å²) in [6, 6.07) is 9.57. The lowest BCUT2D eigenvalue weighted by molar-refractivity contribution is -0.121. The Morgan fingerprint density at radius 1 is 1.25 bits per heavy atom. The smallest absolute Gasteiger partial charge is 0.220 e. The number of nitrogens with zero attached hydrogens (tertiary/aromatic N) is 1. The van der Waals surface area contributed by atoms with E-state index in [2.05, 4.69) is 10.3 Å². The fourth-order valence-electron chi connectivity index (χ4n) is 1.97. The minimum Gasteiger partial charge on any atom is -0.399 e. The molecule has 104 valence electrons. The Morgan fingerprint density at radius 2 is 2.05 bits per heavy atom. The number of nitrogens with two attached hydrogens (primary N) is 1. The lowest BCUT2D eigenvalue weighted by Crippen LogP contribution is -2.23. The molecule has 1 amide bonds. The summed E-state index contributed by atoms with van der Waals surface area (Å²) in [5.74, 6) is 0.0245. The van der Waals surface area contributed by atoms with E-state index in [1.165, 1.54) is 0 Å². The summed E-state index contributed by atoms with van der Waals surface area (Å²) >= 11 is 0. The van der Waals surface area contributed by atoms with E-state index < -0.39 is 0 Å². The number of rotatable bonds is 5. The van der Waals surface area contributed by atoms with Crippen LogP contribution in [-0.2, 0) is 17.8 Å². The Morgan fingerprint density at radius 3 is 2.80 bits per heavy atom. The van der Waals surface area contributed by atoms with Gasteiger partial charge in [0, 0.05) is 31.0 Å². The van der Waals surface area contributed by atoms with E-state index in [1.807, 2.05) is 37.3 Å². The molecule has 0 bridgehead atoms. The third-order valence-electron chi connectivity index (χ3n) is 3.30. The third-order valence-corrected chi connectivity index (χ3v) is 3.30. The van der Waals surface area contributed by atoms with E-state index in [0.717, 1.165) is 22.4 Å². The first kappa shape index (κ1) is 14.1. The van der Waals surface area contributed by atoms with Crippen LogP contribution in [0.1, 0.15) is 23.1 Å². The van der Waals surface area contributed by atoms with Gasteiger partial charge in [-0.2, -0.15) is 0 Å². The number of benzene rings is 1. The zero-order chi connectivity index (χ0) is 14.4. The number of anilines is 1. The van der Waals surface area contributed by atoms with Crippen LogP contribution in [0.5, 0.6) is 0 Å². The maximum atomic E-state index is 11.8. The van der Waals surface area contributed by atoms with Crippen molar-refractivity contribution in [1.82, 2.24) is 10.3 Å². The molecule has 2 rings (SSSR count). The first-order chi connectivity index (χ1) is 9.66. The fourth-order valence-corrected chi connectivity index (χ4v) is 1.97. The summed E-state index contributed by atoms with van der Waals surface area (Å²) in [7, 11) is 0. The van der Waals surface area contributed by atoms with Crippen molar-refractivity contribution in [1.29, 1.82) is 0 Å². The summed E-state index contributed by atoms with van der Waals surface area (Å²) < 4.78 is 0. The van der Waals surface area contributed by atoms with Gasteiger partial charge in [0.15, 0.2) is 0 Å². The number of nitrogen functional groups attached to an aromatic ring is 1. The van der Waals surface area contributed by atoms with E-state index in [0.29, 0.717) is 19.4 Å². The number of pyridine rings is 1. The van der Waals surface area contributed by atoms with Crippen LogP contribution in [0.4, 0.5) is 5.69 Å². The number of hydrogen-bond acceptors (Lipinski definition) is 3. The number of aromatic nitrogens is 1. The molecule has 4 nitrogen and oxygen atoms in total. The standard InChI is InChI=1S/C16H19N3O/c1-12-8-9-18-10-14(12)11-19-16(20)7-6-13-4-2-3-5-15(13)17/h2-5,8-10H,6-7,11,17H2,1H3,(H,19,20). The topological polar surface area (TPSA) is 68.0 Å². The highest BCUT2D eigenvalue weighted by Gasteiger charge is 2.05. The number of amides is 1. The predicted molar refractivity (Wildman–Crippen MR) is 80.0 cm³/mol. The van der Waals surface area contributed by atoms with Crippen molar-refractivity contribution in [2.45, 2.75) is 26.3 Å². The molecular weight excluding hydrogens is 250 g/mol. The van der Waals surface area contributed by atoms with Crippen molar-refractivity contribution in [3.63, 3.8) is 0 Å². The van der Waals surface area contributed by atoms with Crippen molar-refractivity contribution in [3.8, 4) is 0 Å². The van der Waals surface area contributed by atoms with Gasteiger partial charge in [0.25, 0.3) is 0 Å². The van der Waals surface area contributed by atoms with E-state index in [4.69, 9.17) is 5.73 Å². The Hall–Kier alpha value is -2.36. The van der Waals surface area contributed by atoms with Crippen LogP contribution in [-0.4, -0.2) is 10.9 Å². The Kier molecular flexibility index (Phi) is 4.71. The average molecular weight is 269 g/mol. The lowest BCUT2D eigenvalue weighted by atomic mass is 10.1. The molecule has 0 unspecified atom stereocenters. The van der Waals surface area contributed by atoms with Crippen LogP contribution in [0.15, 0.2) is 42.7 Å². The number of hydrogen-bond donors (Lipinski definition) is 2. The molecule has 0 aliphatic heterocycles. The highest BCUT2D eigenvalue weighted by Crippen LogP contribution is 2.12. The van der Waals surface area contributed by atoms with Crippen LogP contribution in [0.25, 0.3) is 0 Å². The molecule has 0 radical (unpaired) electrons. The largest absolute Gasteiger partial charge is 0.399 e. The zero-order valence-corrected chi connectivity index (χ0v) is 11.6. The van der Waals surface area contributed by atoms with Gasteiger partial charge in [0.1, 0.15) is 0 Å². The third kappa shape index (κ3) is 3.82.